The number of amides is 3. The lowest BCUT2D eigenvalue weighted by molar-refractivity contribution is -0.172. The molecule has 0 aliphatic carbocycles. The maximum Gasteiger partial charge on any atom is 0.308 e. The first-order valence-corrected chi connectivity index (χ1v) is 24.4. The van der Waals surface area contributed by atoms with Crippen LogP contribution in [-0.2, 0) is 33.5 Å². The molecule has 0 aromatic carbocycles. The second-order valence-electron chi connectivity index (χ2n) is 19.7. The number of esters is 1. The third-order valence-corrected chi connectivity index (χ3v) is 8.82. The standard InChI is InChI=1S/C7H18N2.C7H15NO.C6H13NO2.C6H13NO.2C6H15N.C5H10O2.C5H12.C4H10O.CH4/c1-7(2)9(5)6-8(3)4;1-5-8(4)7(9)6(2)3;1-5(2)6(8)7(3)9-4;1-5(2)6(8)7(3)4;1-6(2)5-7(3)4;1-5-7(4)6(2)3;1-4(2)5(6)7-3;1-4-5(2)3;1-4(2)5-3;/h7H,6H2,1-5H3;6H,5H2,1-4H3;5H,1-4H3;5H,1-4H3;2*6H,5H2,1-4H3;4H,1-3H3;5H,4H2,1-3H3;4H,1-3H3;1H4. The molecule has 0 saturated carbocycles. The Labute approximate surface area is 421 Å². The first-order chi connectivity index (χ1) is 29.8. The van der Waals surface area contributed by atoms with E-state index in [4.69, 9.17) is 4.74 Å². The average molecular weight is 973 g/mol. The Balaban J connectivity index is -0.0000000685. The van der Waals surface area contributed by atoms with Crippen molar-refractivity contribution in [3.05, 3.63) is 0 Å². The van der Waals surface area contributed by atoms with Crippen molar-refractivity contribution < 1.29 is 33.5 Å². The van der Waals surface area contributed by atoms with Crippen LogP contribution in [0.25, 0.3) is 0 Å². The van der Waals surface area contributed by atoms with E-state index < -0.39 is 0 Å². The first kappa shape index (κ1) is 87.7. The highest BCUT2D eigenvalue weighted by Gasteiger charge is 2.11. The van der Waals surface area contributed by atoms with Gasteiger partial charge in [-0.1, -0.05) is 111 Å². The second-order valence-corrected chi connectivity index (χ2v) is 19.7. The van der Waals surface area contributed by atoms with Crippen molar-refractivity contribution in [1.29, 1.82) is 0 Å². The Kier molecular flexibility index (Phi) is 75.9. The molecule has 0 aliphatic heterocycles. The summed E-state index contributed by atoms with van der Waals surface area (Å²) >= 11 is 0. The zero-order valence-corrected chi connectivity index (χ0v) is 50.7. The summed E-state index contributed by atoms with van der Waals surface area (Å²) in [4.78, 5) is 59.9. The second kappa shape index (κ2) is 58.0. The molecule has 14 nitrogen and oxygen atoms in total. The summed E-state index contributed by atoms with van der Waals surface area (Å²) in [7, 11) is 24.1. The van der Waals surface area contributed by atoms with Gasteiger partial charge in [-0.05, 0) is 116 Å². The van der Waals surface area contributed by atoms with Crippen molar-refractivity contribution >= 4 is 23.7 Å². The summed E-state index contributed by atoms with van der Waals surface area (Å²) < 4.78 is 9.12. The Hall–Kier alpha value is -2.36. The van der Waals surface area contributed by atoms with Gasteiger partial charge in [0, 0.05) is 78.4 Å². The van der Waals surface area contributed by atoms with Gasteiger partial charge in [0.1, 0.15) is 0 Å². The van der Waals surface area contributed by atoms with Crippen LogP contribution in [0.4, 0.5) is 0 Å². The summed E-state index contributed by atoms with van der Waals surface area (Å²) in [6.45, 7) is 47.1. The number of nitrogens with zero attached hydrogens (tertiary/aromatic N) is 7. The van der Waals surface area contributed by atoms with Gasteiger partial charge in [0.25, 0.3) is 0 Å². The lowest BCUT2D eigenvalue weighted by Gasteiger charge is -2.24. The SMILES string of the molecule is C.CC(C)C(=O)N(C)C.CC(C)CN(C)C.CC(C)N(C)CN(C)C.CCC(C)C.CCN(C)C(=O)C(C)C.CCN(C)C(C)C.COC(=O)C(C)C.COC(C)C.CON(C)C(=O)C(C)C. The molecular weight excluding hydrogens is 847 g/mol. The van der Waals surface area contributed by atoms with Crippen LogP contribution in [-0.4, -0.2) is 194 Å². The highest BCUT2D eigenvalue weighted by molar-refractivity contribution is 5.78. The summed E-state index contributed by atoms with van der Waals surface area (Å²) in [5.41, 5.74) is 0. The topological polar surface area (TPSA) is 119 Å². The number of methoxy groups -OCH3 is 2. The molecule has 0 unspecified atom stereocenters. The number of ether oxygens (including phenoxy) is 2. The number of hydrogen-bond acceptors (Lipinski definition) is 11. The normalized spacial score (nSPS) is 10.1. The quantitative estimate of drug-likeness (QED) is 0.0887. The maximum atomic E-state index is 11.0. The molecule has 3 amide bonds. The van der Waals surface area contributed by atoms with Gasteiger partial charge in [-0.2, -0.15) is 0 Å². The van der Waals surface area contributed by atoms with Crippen LogP contribution >= 0.6 is 0 Å². The molecule has 0 aromatic heterocycles. The van der Waals surface area contributed by atoms with Crippen LogP contribution in [0.1, 0.15) is 159 Å². The minimum atomic E-state index is -0.153. The van der Waals surface area contributed by atoms with Gasteiger partial charge >= 0.3 is 5.97 Å². The molecule has 0 heterocycles. The Morgan fingerprint density at radius 1 is 0.463 bits per heavy atom. The smallest absolute Gasteiger partial charge is 0.308 e. The van der Waals surface area contributed by atoms with Crippen molar-refractivity contribution in [2.75, 3.05) is 118 Å². The average Bonchev–Trinajstić information content (AvgIpc) is 3.22. The molecular formula is C53H125N7O7. The van der Waals surface area contributed by atoms with E-state index in [0.29, 0.717) is 18.2 Å². The molecule has 0 saturated heterocycles. The Bertz CT molecular complexity index is 985. The molecule has 0 rings (SSSR count). The summed E-state index contributed by atoms with van der Waals surface area (Å²) in [5, 5.41) is 1.23. The number of hydrogen-bond donors (Lipinski definition) is 0. The van der Waals surface area contributed by atoms with E-state index in [0.717, 1.165) is 31.6 Å². The molecule has 14 heteroatoms. The fraction of sp³-hybridized carbons (Fsp3) is 0.925. The maximum absolute atomic E-state index is 11.0. The van der Waals surface area contributed by atoms with Gasteiger partial charge in [-0.15, -0.1) is 0 Å². The number of carbonyl (C=O) groups excluding carboxylic acids is 4. The predicted octanol–water partition coefficient (Wildman–Crippen LogP) is 10.5. The van der Waals surface area contributed by atoms with E-state index in [1.54, 1.807) is 51.9 Å². The molecule has 0 spiro atoms. The number of carbonyl (C=O) groups is 4. The van der Waals surface area contributed by atoms with E-state index in [-0.39, 0.29) is 54.8 Å². The van der Waals surface area contributed by atoms with Crippen LogP contribution in [0.3, 0.4) is 0 Å². The zero-order valence-electron chi connectivity index (χ0n) is 50.7. The van der Waals surface area contributed by atoms with E-state index in [2.05, 4.69) is 141 Å². The first-order valence-electron chi connectivity index (χ1n) is 24.4. The Morgan fingerprint density at radius 2 is 0.806 bits per heavy atom. The molecule has 0 aromatic rings. The van der Waals surface area contributed by atoms with E-state index >= 15 is 0 Å². The van der Waals surface area contributed by atoms with E-state index in [1.165, 1.54) is 32.2 Å². The molecule has 0 radical (unpaired) electrons. The number of rotatable bonds is 15. The lowest BCUT2D eigenvalue weighted by atomic mass is 10.2. The molecule has 67 heavy (non-hydrogen) atoms. The fourth-order valence-corrected chi connectivity index (χ4v) is 3.51. The summed E-state index contributed by atoms with van der Waals surface area (Å²) in [6.07, 6.45) is 1.69. The van der Waals surface area contributed by atoms with Crippen LogP contribution in [0.2, 0.25) is 0 Å². The third-order valence-electron chi connectivity index (χ3n) is 8.82. The van der Waals surface area contributed by atoms with Crippen molar-refractivity contribution in [3.8, 4) is 0 Å². The lowest BCUT2D eigenvalue weighted by Crippen LogP contribution is -2.35. The largest absolute Gasteiger partial charge is 0.469 e. The van der Waals surface area contributed by atoms with Crippen LogP contribution < -0.4 is 0 Å². The molecule has 0 fully saturated rings. The minimum Gasteiger partial charge on any atom is -0.469 e. The van der Waals surface area contributed by atoms with E-state index in [1.807, 2.05) is 69.4 Å². The van der Waals surface area contributed by atoms with E-state index in [9.17, 15) is 19.2 Å². The van der Waals surface area contributed by atoms with Crippen LogP contribution in [0.5, 0.6) is 0 Å². The highest BCUT2D eigenvalue weighted by Crippen LogP contribution is 1.99. The molecule has 0 atom stereocenters. The molecule has 0 aliphatic rings. The monoisotopic (exact) mass is 972 g/mol. The zero-order chi connectivity index (χ0) is 55.2. The summed E-state index contributed by atoms with van der Waals surface area (Å²) in [6, 6.07) is 1.34. The van der Waals surface area contributed by atoms with Crippen molar-refractivity contribution in [2.24, 2.45) is 35.5 Å². The van der Waals surface area contributed by atoms with Gasteiger partial charge in [0.15, 0.2) is 0 Å². The number of hydroxylamine groups is 2. The van der Waals surface area contributed by atoms with Crippen LogP contribution in [0.15, 0.2) is 0 Å². The highest BCUT2D eigenvalue weighted by atomic mass is 16.7. The molecule has 414 valence electrons. The molecule has 0 N–H and O–H groups in total. The van der Waals surface area contributed by atoms with Crippen molar-refractivity contribution in [3.63, 3.8) is 0 Å². The van der Waals surface area contributed by atoms with Crippen molar-refractivity contribution in [1.82, 2.24) is 34.5 Å². The predicted molar refractivity (Wildman–Crippen MR) is 295 cm³/mol. The Morgan fingerprint density at radius 3 is 0.851 bits per heavy atom. The van der Waals surface area contributed by atoms with Crippen molar-refractivity contribution in [2.45, 2.75) is 177 Å². The van der Waals surface area contributed by atoms with Gasteiger partial charge in [-0.3, -0.25) is 33.8 Å². The van der Waals surface area contributed by atoms with Gasteiger partial charge in [0.05, 0.1) is 26.2 Å². The summed E-state index contributed by atoms with van der Waals surface area (Å²) in [5.74, 6) is 2.21. The van der Waals surface area contributed by atoms with Gasteiger partial charge < -0.3 is 29.1 Å². The molecule has 0 bridgehead atoms. The minimum absolute atomic E-state index is 0. The van der Waals surface area contributed by atoms with Gasteiger partial charge in [0.2, 0.25) is 17.7 Å². The fourth-order valence-electron chi connectivity index (χ4n) is 3.51. The third kappa shape index (κ3) is 84.0. The van der Waals surface area contributed by atoms with Gasteiger partial charge in [-0.25, -0.2) is 5.06 Å². The van der Waals surface area contributed by atoms with Crippen LogP contribution in [0, 0.1) is 35.5 Å².